The van der Waals surface area contributed by atoms with E-state index in [1.54, 1.807) is 7.11 Å². The van der Waals surface area contributed by atoms with Gasteiger partial charge in [0.25, 0.3) is 0 Å². The number of aliphatic hydroxyl groups is 1. The van der Waals surface area contributed by atoms with Gasteiger partial charge in [-0.2, -0.15) is 0 Å². The highest BCUT2D eigenvalue weighted by atomic mass is 16.5. The number of aliphatic hydroxyl groups excluding tert-OH is 1. The fourth-order valence-corrected chi connectivity index (χ4v) is 1.50. The normalized spacial score (nSPS) is 11.9. The molecule has 1 atom stereocenters. The van der Waals surface area contributed by atoms with Crippen LogP contribution in [0.1, 0.15) is 5.56 Å². The minimum atomic E-state index is -0.607. The second-order valence-electron chi connectivity index (χ2n) is 3.54. The summed E-state index contributed by atoms with van der Waals surface area (Å²) in [6, 6.07) is 6.93. The molecule has 0 saturated heterocycles. The Morgan fingerprint density at radius 1 is 1.47 bits per heavy atom. The maximum atomic E-state index is 11.4. The first kappa shape index (κ1) is 13.5. The summed E-state index contributed by atoms with van der Waals surface area (Å²) in [5.74, 6) is 0.524. The SMILES string of the molecule is CNC(=O)[C@H](CO)NCc1ccccc1OC. The Labute approximate surface area is 101 Å². The molecular weight excluding hydrogens is 220 g/mol. The summed E-state index contributed by atoms with van der Waals surface area (Å²) in [6.45, 7) is 0.220. The van der Waals surface area contributed by atoms with Gasteiger partial charge in [-0.1, -0.05) is 18.2 Å². The van der Waals surface area contributed by atoms with Crippen LogP contribution >= 0.6 is 0 Å². The second kappa shape index (κ2) is 6.88. The minimum absolute atomic E-state index is 0.234. The predicted octanol–water partition coefficient (Wildman–Crippen LogP) is -0.108. The van der Waals surface area contributed by atoms with Gasteiger partial charge in [-0.05, 0) is 6.07 Å². The molecule has 0 aliphatic rings. The number of ether oxygens (including phenoxy) is 1. The maximum absolute atomic E-state index is 11.4. The van der Waals surface area contributed by atoms with Gasteiger partial charge in [-0.25, -0.2) is 0 Å². The van der Waals surface area contributed by atoms with Gasteiger partial charge < -0.3 is 15.2 Å². The highest BCUT2D eigenvalue weighted by Gasteiger charge is 2.15. The number of rotatable bonds is 6. The smallest absolute Gasteiger partial charge is 0.239 e. The summed E-state index contributed by atoms with van der Waals surface area (Å²) in [7, 11) is 3.14. The van der Waals surface area contributed by atoms with Gasteiger partial charge in [0.2, 0.25) is 5.91 Å². The first-order valence-electron chi connectivity index (χ1n) is 5.40. The molecule has 0 saturated carbocycles. The van der Waals surface area contributed by atoms with Crippen LogP contribution < -0.4 is 15.4 Å². The zero-order valence-corrected chi connectivity index (χ0v) is 10.1. The molecule has 0 bridgehead atoms. The molecule has 1 aromatic carbocycles. The standard InChI is InChI=1S/C12H18N2O3/c1-13-12(16)10(8-15)14-7-9-5-3-4-6-11(9)17-2/h3-6,10,14-15H,7-8H2,1-2H3,(H,13,16)/t10-/m0/s1. The number of hydrogen-bond donors (Lipinski definition) is 3. The number of hydrogen-bond acceptors (Lipinski definition) is 4. The molecule has 0 unspecified atom stereocenters. The van der Waals surface area contributed by atoms with Gasteiger partial charge in [0.05, 0.1) is 13.7 Å². The van der Waals surface area contributed by atoms with Gasteiger partial charge in [-0.3, -0.25) is 10.1 Å². The summed E-state index contributed by atoms with van der Waals surface area (Å²) in [6.07, 6.45) is 0. The van der Waals surface area contributed by atoms with Crippen molar-refractivity contribution in [3.05, 3.63) is 29.8 Å². The van der Waals surface area contributed by atoms with Crippen LogP contribution in [0.15, 0.2) is 24.3 Å². The lowest BCUT2D eigenvalue weighted by Crippen LogP contribution is -2.45. The number of benzene rings is 1. The molecule has 94 valence electrons. The Morgan fingerprint density at radius 3 is 2.76 bits per heavy atom. The van der Waals surface area contributed by atoms with E-state index >= 15 is 0 Å². The van der Waals surface area contributed by atoms with Gasteiger partial charge in [0.15, 0.2) is 0 Å². The molecular formula is C12H18N2O3. The van der Waals surface area contributed by atoms with Crippen molar-refractivity contribution in [3.8, 4) is 5.75 Å². The van der Waals surface area contributed by atoms with Crippen molar-refractivity contribution in [3.63, 3.8) is 0 Å². The van der Waals surface area contributed by atoms with Crippen molar-refractivity contribution in [2.24, 2.45) is 0 Å². The predicted molar refractivity (Wildman–Crippen MR) is 64.8 cm³/mol. The third-order valence-corrected chi connectivity index (χ3v) is 2.48. The van der Waals surface area contributed by atoms with Crippen LogP contribution in [0.5, 0.6) is 5.75 Å². The van der Waals surface area contributed by atoms with E-state index in [0.29, 0.717) is 6.54 Å². The second-order valence-corrected chi connectivity index (χ2v) is 3.54. The molecule has 5 nitrogen and oxygen atoms in total. The fraction of sp³-hybridized carbons (Fsp3) is 0.417. The average molecular weight is 238 g/mol. The Kier molecular flexibility index (Phi) is 5.45. The molecule has 1 aromatic rings. The molecule has 17 heavy (non-hydrogen) atoms. The van der Waals surface area contributed by atoms with Crippen molar-refractivity contribution >= 4 is 5.91 Å². The molecule has 0 radical (unpaired) electrons. The van der Waals surface area contributed by atoms with Crippen LogP contribution in [0.3, 0.4) is 0 Å². The number of carbonyl (C=O) groups excluding carboxylic acids is 1. The number of para-hydroxylation sites is 1. The van der Waals surface area contributed by atoms with Crippen molar-refractivity contribution < 1.29 is 14.6 Å². The molecule has 1 amide bonds. The Bertz CT molecular complexity index is 369. The summed E-state index contributed by atoms with van der Waals surface area (Å²) in [4.78, 5) is 11.4. The highest BCUT2D eigenvalue weighted by Crippen LogP contribution is 2.16. The molecule has 0 aromatic heterocycles. The lowest BCUT2D eigenvalue weighted by Gasteiger charge is -2.15. The van der Waals surface area contributed by atoms with Gasteiger partial charge >= 0.3 is 0 Å². The summed E-state index contributed by atoms with van der Waals surface area (Å²) < 4.78 is 5.20. The third kappa shape index (κ3) is 3.72. The van der Waals surface area contributed by atoms with E-state index < -0.39 is 6.04 Å². The molecule has 5 heteroatoms. The molecule has 0 aliphatic carbocycles. The Balaban J connectivity index is 2.62. The first-order chi connectivity index (χ1) is 8.22. The lowest BCUT2D eigenvalue weighted by molar-refractivity contribution is -0.123. The summed E-state index contributed by atoms with van der Waals surface area (Å²) >= 11 is 0. The average Bonchev–Trinajstić information content (AvgIpc) is 2.39. The van der Waals surface area contributed by atoms with Crippen LogP contribution in [0.2, 0.25) is 0 Å². The fourth-order valence-electron chi connectivity index (χ4n) is 1.50. The molecule has 0 fully saturated rings. The van der Waals surface area contributed by atoms with Crippen LogP contribution in [-0.4, -0.2) is 37.8 Å². The van der Waals surface area contributed by atoms with Crippen molar-refractivity contribution in [1.82, 2.24) is 10.6 Å². The topological polar surface area (TPSA) is 70.6 Å². The van der Waals surface area contributed by atoms with E-state index in [4.69, 9.17) is 9.84 Å². The van der Waals surface area contributed by atoms with Crippen LogP contribution in [0.25, 0.3) is 0 Å². The zero-order valence-electron chi connectivity index (χ0n) is 10.1. The van der Waals surface area contributed by atoms with Crippen LogP contribution in [-0.2, 0) is 11.3 Å². The molecule has 1 rings (SSSR count). The number of likely N-dealkylation sites (N-methyl/N-ethyl adjacent to an activating group) is 1. The van der Waals surface area contributed by atoms with E-state index in [1.165, 1.54) is 7.05 Å². The number of nitrogens with one attached hydrogen (secondary N) is 2. The van der Waals surface area contributed by atoms with E-state index in [-0.39, 0.29) is 12.5 Å². The first-order valence-corrected chi connectivity index (χ1v) is 5.40. The Morgan fingerprint density at radius 2 is 2.18 bits per heavy atom. The number of methoxy groups -OCH3 is 1. The van der Waals surface area contributed by atoms with Crippen molar-refractivity contribution in [2.45, 2.75) is 12.6 Å². The lowest BCUT2D eigenvalue weighted by atomic mass is 10.2. The molecule has 0 aliphatic heterocycles. The largest absolute Gasteiger partial charge is 0.496 e. The van der Waals surface area contributed by atoms with Gasteiger partial charge in [0.1, 0.15) is 11.8 Å². The van der Waals surface area contributed by atoms with E-state index in [2.05, 4.69) is 10.6 Å². The molecule has 3 N–H and O–H groups in total. The molecule has 0 heterocycles. The minimum Gasteiger partial charge on any atom is -0.496 e. The van der Waals surface area contributed by atoms with Gasteiger partial charge in [0, 0.05) is 19.2 Å². The van der Waals surface area contributed by atoms with E-state index in [9.17, 15) is 4.79 Å². The summed E-state index contributed by atoms with van der Waals surface area (Å²) in [5.41, 5.74) is 0.942. The number of amides is 1. The van der Waals surface area contributed by atoms with Crippen molar-refractivity contribution in [2.75, 3.05) is 20.8 Å². The monoisotopic (exact) mass is 238 g/mol. The van der Waals surface area contributed by atoms with Gasteiger partial charge in [-0.15, -0.1) is 0 Å². The van der Waals surface area contributed by atoms with E-state index in [0.717, 1.165) is 11.3 Å². The molecule has 0 spiro atoms. The highest BCUT2D eigenvalue weighted by molar-refractivity contribution is 5.81. The van der Waals surface area contributed by atoms with E-state index in [1.807, 2.05) is 24.3 Å². The van der Waals surface area contributed by atoms with Crippen molar-refractivity contribution in [1.29, 1.82) is 0 Å². The third-order valence-electron chi connectivity index (χ3n) is 2.48. The van der Waals surface area contributed by atoms with Crippen LogP contribution in [0, 0.1) is 0 Å². The zero-order chi connectivity index (χ0) is 12.7. The Hall–Kier alpha value is -1.59. The quantitative estimate of drug-likeness (QED) is 0.647. The van der Waals surface area contributed by atoms with Crippen LogP contribution in [0.4, 0.5) is 0 Å². The maximum Gasteiger partial charge on any atom is 0.239 e. The summed E-state index contributed by atoms with van der Waals surface area (Å²) in [5, 5.41) is 14.5. The number of carbonyl (C=O) groups is 1.